The number of aryl methyl sites for hydroxylation is 1. The maximum Gasteiger partial charge on any atom is 0.426 e. The van der Waals surface area contributed by atoms with E-state index in [-0.39, 0.29) is 11.1 Å². The van der Waals surface area contributed by atoms with Gasteiger partial charge in [0.2, 0.25) is 11.7 Å². The van der Waals surface area contributed by atoms with Gasteiger partial charge in [0.1, 0.15) is 0 Å². The average molecular weight is 291 g/mol. The van der Waals surface area contributed by atoms with Crippen LogP contribution in [0.25, 0.3) is 0 Å². The fourth-order valence-electron chi connectivity index (χ4n) is 1.62. The van der Waals surface area contributed by atoms with Crippen molar-refractivity contribution in [2.45, 2.75) is 33.1 Å². The number of hydrogen-bond donors (Lipinski definition) is 0. The zero-order chi connectivity index (χ0) is 15.7. The molecule has 1 aromatic rings. The number of aromatic nitrogens is 1. The molecular formula is C13H16F3NO3. The van der Waals surface area contributed by atoms with Gasteiger partial charge in [-0.1, -0.05) is 20.8 Å². The van der Waals surface area contributed by atoms with Gasteiger partial charge in [0.25, 0.3) is 0 Å². The van der Waals surface area contributed by atoms with Crippen molar-refractivity contribution in [2.75, 3.05) is 0 Å². The zero-order valence-electron chi connectivity index (χ0n) is 11.6. The summed E-state index contributed by atoms with van der Waals surface area (Å²) < 4.78 is 44.4. The van der Waals surface area contributed by atoms with Crippen molar-refractivity contribution in [3.63, 3.8) is 0 Å². The molecule has 20 heavy (non-hydrogen) atoms. The van der Waals surface area contributed by atoms with Gasteiger partial charge in [-0.3, -0.25) is 4.79 Å². The van der Waals surface area contributed by atoms with E-state index in [0.717, 1.165) is 22.9 Å². The number of pyridine rings is 1. The Bertz CT molecular complexity index is 541. The minimum Gasteiger partial charge on any atom is -0.448 e. The summed E-state index contributed by atoms with van der Waals surface area (Å²) in [6, 6.07) is 2.23. The average Bonchev–Trinajstić information content (AvgIpc) is 2.26. The predicted molar refractivity (Wildman–Crippen MR) is 66.4 cm³/mol. The van der Waals surface area contributed by atoms with Gasteiger partial charge in [0.15, 0.2) is 0 Å². The van der Waals surface area contributed by atoms with Crippen molar-refractivity contribution in [1.29, 1.82) is 0 Å². The van der Waals surface area contributed by atoms with E-state index in [4.69, 9.17) is 0 Å². The highest BCUT2D eigenvalue weighted by Crippen LogP contribution is 2.36. The van der Waals surface area contributed by atoms with E-state index < -0.39 is 23.7 Å². The van der Waals surface area contributed by atoms with Crippen LogP contribution in [-0.2, 0) is 11.8 Å². The molecule has 1 rings (SSSR count). The molecule has 112 valence electrons. The first kappa shape index (κ1) is 16.3. The highest BCUT2D eigenvalue weighted by molar-refractivity contribution is 5.89. The summed E-state index contributed by atoms with van der Waals surface area (Å²) in [5, 5.41) is 0. The van der Waals surface area contributed by atoms with E-state index in [2.05, 4.69) is 4.74 Å². The fraction of sp³-hybridized carbons (Fsp3) is 0.538. The van der Waals surface area contributed by atoms with Crippen LogP contribution in [0, 0.1) is 5.41 Å². The van der Waals surface area contributed by atoms with Crippen LogP contribution in [-0.4, -0.2) is 22.8 Å². The van der Waals surface area contributed by atoms with Crippen LogP contribution < -0.4 is 5.56 Å². The Balaban J connectivity index is 3.03. The number of ether oxygens (including phenoxy) is 1. The number of rotatable bonds is 2. The molecule has 0 fully saturated rings. The Morgan fingerprint density at radius 1 is 1.25 bits per heavy atom. The third-order valence-electron chi connectivity index (χ3n) is 2.63. The van der Waals surface area contributed by atoms with Crippen molar-refractivity contribution in [1.82, 2.24) is 4.57 Å². The number of carbonyl (C=O) groups is 1. The molecule has 0 aliphatic carbocycles. The Morgan fingerprint density at radius 2 is 1.80 bits per heavy atom. The first-order chi connectivity index (χ1) is 8.93. The van der Waals surface area contributed by atoms with Crippen LogP contribution in [0.3, 0.4) is 0 Å². The van der Waals surface area contributed by atoms with E-state index >= 15 is 0 Å². The van der Waals surface area contributed by atoms with E-state index in [0.29, 0.717) is 0 Å². The van der Waals surface area contributed by atoms with Crippen LogP contribution in [0.4, 0.5) is 13.2 Å². The summed E-state index contributed by atoms with van der Waals surface area (Å²) >= 11 is 0. The third-order valence-corrected chi connectivity index (χ3v) is 2.63. The number of halogens is 3. The lowest BCUT2D eigenvalue weighted by Gasteiger charge is -2.31. The molecule has 1 aromatic heterocycles. The molecule has 4 nitrogen and oxygen atoms in total. The summed E-state index contributed by atoms with van der Waals surface area (Å²) in [6.45, 7) is 4.00. The predicted octanol–water partition coefficient (Wildman–Crippen LogP) is 2.52. The first-order valence-corrected chi connectivity index (χ1v) is 5.87. The number of hydrogen-bond acceptors (Lipinski definition) is 3. The van der Waals surface area contributed by atoms with Gasteiger partial charge in [-0.25, -0.2) is 4.79 Å². The quantitative estimate of drug-likeness (QED) is 0.787. The first-order valence-electron chi connectivity index (χ1n) is 5.87. The second-order valence-electron chi connectivity index (χ2n) is 5.56. The molecule has 0 amide bonds. The van der Waals surface area contributed by atoms with E-state index in [1.807, 2.05) is 0 Å². The summed E-state index contributed by atoms with van der Waals surface area (Å²) in [6.07, 6.45) is -5.74. The highest BCUT2D eigenvalue weighted by atomic mass is 19.4. The highest BCUT2D eigenvalue weighted by Gasteiger charge is 2.50. The molecular weight excluding hydrogens is 275 g/mol. The number of nitrogens with zero attached hydrogens (tertiary/aromatic N) is 1. The Kier molecular flexibility index (Phi) is 4.31. The van der Waals surface area contributed by atoms with Gasteiger partial charge in [-0.05, 0) is 6.07 Å². The molecule has 0 aliphatic rings. The molecule has 0 aromatic carbocycles. The van der Waals surface area contributed by atoms with Gasteiger partial charge in [0, 0.05) is 24.7 Å². The Labute approximate surface area is 114 Å². The zero-order valence-corrected chi connectivity index (χ0v) is 11.6. The number of alkyl halides is 3. The molecule has 7 heteroatoms. The topological polar surface area (TPSA) is 48.3 Å². The molecule has 0 radical (unpaired) electrons. The van der Waals surface area contributed by atoms with Crippen molar-refractivity contribution >= 4 is 5.97 Å². The lowest BCUT2D eigenvalue weighted by Crippen LogP contribution is -2.43. The minimum absolute atomic E-state index is 0.106. The monoisotopic (exact) mass is 291 g/mol. The van der Waals surface area contributed by atoms with E-state index in [1.165, 1.54) is 27.8 Å². The maximum atomic E-state index is 12.9. The Hall–Kier alpha value is -1.79. The van der Waals surface area contributed by atoms with E-state index in [1.54, 1.807) is 0 Å². The van der Waals surface area contributed by atoms with Crippen molar-refractivity contribution < 1.29 is 22.7 Å². The standard InChI is InChI=1S/C13H16F3NO3/c1-12(2,3)11(13(14,15)16)20-10(19)8-5-6-9(18)17(4)7-8/h5-7,11H,1-4H3/t11-/m1/s1. The summed E-state index contributed by atoms with van der Waals surface area (Å²) in [5.74, 6) is -1.11. The second-order valence-corrected chi connectivity index (χ2v) is 5.56. The van der Waals surface area contributed by atoms with Crippen LogP contribution in [0.5, 0.6) is 0 Å². The second kappa shape index (κ2) is 5.30. The molecule has 0 unspecified atom stereocenters. The SMILES string of the molecule is Cn1cc(C(=O)O[C@H](C(C)(C)C)C(F)(F)F)ccc1=O. The van der Waals surface area contributed by atoms with E-state index in [9.17, 15) is 22.8 Å². The van der Waals surface area contributed by atoms with Gasteiger partial charge in [-0.15, -0.1) is 0 Å². The maximum absolute atomic E-state index is 12.9. The van der Waals surface area contributed by atoms with Crippen LogP contribution in [0.15, 0.2) is 23.1 Å². The largest absolute Gasteiger partial charge is 0.448 e. The van der Waals surface area contributed by atoms with Gasteiger partial charge < -0.3 is 9.30 Å². The van der Waals surface area contributed by atoms with Crippen molar-refractivity contribution in [3.05, 3.63) is 34.2 Å². The van der Waals surface area contributed by atoms with Crippen molar-refractivity contribution in [2.24, 2.45) is 12.5 Å². The molecule has 0 bridgehead atoms. The molecule has 1 atom stereocenters. The normalized spacial score (nSPS) is 13.9. The summed E-state index contributed by atoms with van der Waals surface area (Å²) in [5.41, 5.74) is -1.76. The summed E-state index contributed by atoms with van der Waals surface area (Å²) in [4.78, 5) is 22.9. The van der Waals surface area contributed by atoms with Gasteiger partial charge in [-0.2, -0.15) is 13.2 Å². The molecule has 0 aliphatic heterocycles. The van der Waals surface area contributed by atoms with Gasteiger partial charge >= 0.3 is 12.1 Å². The van der Waals surface area contributed by atoms with Gasteiger partial charge in [0.05, 0.1) is 5.56 Å². The van der Waals surface area contributed by atoms with Crippen LogP contribution in [0.1, 0.15) is 31.1 Å². The fourth-order valence-corrected chi connectivity index (χ4v) is 1.62. The van der Waals surface area contributed by atoms with Crippen LogP contribution in [0.2, 0.25) is 0 Å². The minimum atomic E-state index is -4.66. The number of esters is 1. The Morgan fingerprint density at radius 3 is 2.20 bits per heavy atom. The lowest BCUT2D eigenvalue weighted by molar-refractivity contribution is -0.231. The molecule has 0 N–H and O–H groups in total. The molecule has 0 saturated heterocycles. The lowest BCUT2D eigenvalue weighted by atomic mass is 9.88. The number of carbonyl (C=O) groups excluding carboxylic acids is 1. The summed E-state index contributed by atoms with van der Waals surface area (Å²) in [7, 11) is 1.39. The third kappa shape index (κ3) is 3.85. The smallest absolute Gasteiger partial charge is 0.426 e. The molecule has 1 heterocycles. The molecule has 0 spiro atoms. The van der Waals surface area contributed by atoms with Crippen molar-refractivity contribution in [3.8, 4) is 0 Å². The van der Waals surface area contributed by atoms with Crippen LogP contribution >= 0.6 is 0 Å². The molecule has 0 saturated carbocycles.